The highest BCUT2D eigenvalue weighted by atomic mass is 32.2. The summed E-state index contributed by atoms with van der Waals surface area (Å²) in [6.45, 7) is 12.4. The molecule has 2 rings (SSSR count). The number of ether oxygens (including phenoxy) is 1. The number of benzene rings is 2. The van der Waals surface area contributed by atoms with Crippen molar-refractivity contribution >= 4 is 17.7 Å². The third-order valence-electron chi connectivity index (χ3n) is 4.77. The lowest BCUT2D eigenvalue weighted by molar-refractivity contribution is -0.120. The fourth-order valence-electron chi connectivity index (χ4n) is 3.09. The summed E-state index contributed by atoms with van der Waals surface area (Å²) in [5.74, 6) is 1.32. The van der Waals surface area contributed by atoms with Gasteiger partial charge in [0, 0.05) is 4.90 Å². The number of aryl methyl sites for hydroxylation is 2. The average molecular weight is 386 g/mol. The summed E-state index contributed by atoms with van der Waals surface area (Å²) >= 11 is 1.58. The van der Waals surface area contributed by atoms with Gasteiger partial charge < -0.3 is 10.1 Å². The molecule has 1 amide bonds. The van der Waals surface area contributed by atoms with E-state index in [2.05, 4.69) is 69.4 Å². The van der Waals surface area contributed by atoms with Crippen LogP contribution in [0.5, 0.6) is 5.75 Å². The van der Waals surface area contributed by atoms with Gasteiger partial charge in [-0.1, -0.05) is 31.5 Å². The lowest BCUT2D eigenvalue weighted by Crippen LogP contribution is -2.33. The Labute approximate surface area is 167 Å². The third-order valence-corrected chi connectivity index (χ3v) is 5.88. The van der Waals surface area contributed by atoms with E-state index < -0.39 is 0 Å². The molecule has 0 aliphatic heterocycles. The van der Waals surface area contributed by atoms with E-state index in [0.29, 0.717) is 5.92 Å². The van der Waals surface area contributed by atoms with E-state index in [1.54, 1.807) is 18.9 Å². The van der Waals surface area contributed by atoms with Crippen LogP contribution in [-0.2, 0) is 4.79 Å². The molecule has 2 aromatic carbocycles. The molecule has 0 unspecified atom stereocenters. The maximum Gasteiger partial charge on any atom is 0.233 e. The van der Waals surface area contributed by atoms with Gasteiger partial charge in [-0.15, -0.1) is 11.8 Å². The van der Waals surface area contributed by atoms with Crippen molar-refractivity contribution in [2.24, 2.45) is 0 Å². The Morgan fingerprint density at radius 2 is 1.63 bits per heavy atom. The summed E-state index contributed by atoms with van der Waals surface area (Å²) in [5, 5.41) is 3.02. The highest BCUT2D eigenvalue weighted by Gasteiger charge is 2.20. The van der Waals surface area contributed by atoms with Crippen molar-refractivity contribution in [2.45, 2.75) is 63.6 Å². The number of rotatable bonds is 7. The van der Waals surface area contributed by atoms with Crippen molar-refractivity contribution in [3.05, 3.63) is 58.7 Å². The van der Waals surface area contributed by atoms with E-state index in [0.717, 1.165) is 21.8 Å². The van der Waals surface area contributed by atoms with E-state index in [-0.39, 0.29) is 17.2 Å². The number of nitrogens with one attached hydrogen (secondary N) is 1. The first kappa shape index (κ1) is 21.4. The topological polar surface area (TPSA) is 38.3 Å². The van der Waals surface area contributed by atoms with Gasteiger partial charge in [-0.25, -0.2) is 0 Å². The molecule has 0 saturated heterocycles. The maximum atomic E-state index is 12.7. The lowest BCUT2D eigenvalue weighted by atomic mass is 9.93. The van der Waals surface area contributed by atoms with Crippen molar-refractivity contribution in [2.75, 3.05) is 7.11 Å². The van der Waals surface area contributed by atoms with Gasteiger partial charge in [-0.2, -0.15) is 0 Å². The zero-order valence-corrected chi connectivity index (χ0v) is 18.2. The van der Waals surface area contributed by atoms with Gasteiger partial charge in [-0.3, -0.25) is 4.79 Å². The van der Waals surface area contributed by atoms with Crippen LogP contribution < -0.4 is 10.1 Å². The van der Waals surface area contributed by atoms with Gasteiger partial charge in [0.1, 0.15) is 5.75 Å². The van der Waals surface area contributed by atoms with Crippen LogP contribution in [0, 0.1) is 13.8 Å². The molecule has 27 heavy (non-hydrogen) atoms. The summed E-state index contributed by atoms with van der Waals surface area (Å²) in [6, 6.07) is 12.5. The Bertz CT molecular complexity index is 784. The standard InChI is InChI=1S/C23H31NO2S/c1-14(2)20-13-21(16(4)12-22(20)26-7)17(5)24-23(25)18(6)27-19-10-8-15(3)9-11-19/h8-14,17-18H,1-7H3,(H,24,25)/t17-,18+/m0/s1. The number of methoxy groups -OCH3 is 1. The van der Waals surface area contributed by atoms with Crippen molar-refractivity contribution in [1.29, 1.82) is 0 Å². The molecule has 4 heteroatoms. The molecule has 146 valence electrons. The van der Waals surface area contributed by atoms with Crippen LogP contribution in [0.15, 0.2) is 41.3 Å². The molecule has 0 aliphatic rings. The normalized spacial score (nSPS) is 13.3. The van der Waals surface area contributed by atoms with Crippen molar-refractivity contribution in [3.63, 3.8) is 0 Å². The van der Waals surface area contributed by atoms with E-state index in [1.165, 1.54) is 11.1 Å². The van der Waals surface area contributed by atoms with Crippen LogP contribution >= 0.6 is 11.8 Å². The first-order chi connectivity index (χ1) is 12.7. The van der Waals surface area contributed by atoms with E-state index in [9.17, 15) is 4.79 Å². The zero-order valence-electron chi connectivity index (χ0n) is 17.4. The first-order valence-electron chi connectivity index (χ1n) is 9.45. The minimum absolute atomic E-state index is 0.0504. The molecule has 0 aromatic heterocycles. The molecule has 0 fully saturated rings. The van der Waals surface area contributed by atoms with Crippen molar-refractivity contribution in [3.8, 4) is 5.75 Å². The number of thioether (sulfide) groups is 1. The summed E-state index contributed by atoms with van der Waals surface area (Å²) in [5.41, 5.74) is 4.66. The number of hydrogen-bond donors (Lipinski definition) is 1. The Hall–Kier alpha value is -1.94. The molecule has 1 N–H and O–H groups in total. The van der Waals surface area contributed by atoms with Gasteiger partial charge in [0.25, 0.3) is 0 Å². The molecule has 0 heterocycles. The monoisotopic (exact) mass is 385 g/mol. The van der Waals surface area contributed by atoms with Crippen LogP contribution in [0.3, 0.4) is 0 Å². The Morgan fingerprint density at radius 1 is 1.00 bits per heavy atom. The van der Waals surface area contributed by atoms with Gasteiger partial charge in [0.05, 0.1) is 18.4 Å². The highest BCUT2D eigenvalue weighted by molar-refractivity contribution is 8.00. The van der Waals surface area contributed by atoms with Crippen LogP contribution in [0.1, 0.15) is 61.9 Å². The minimum atomic E-state index is -0.154. The molecular weight excluding hydrogens is 354 g/mol. The number of carbonyl (C=O) groups excluding carboxylic acids is 1. The predicted molar refractivity (Wildman–Crippen MR) is 115 cm³/mol. The summed E-state index contributed by atoms with van der Waals surface area (Å²) < 4.78 is 5.53. The second-order valence-electron chi connectivity index (χ2n) is 7.41. The van der Waals surface area contributed by atoms with Crippen LogP contribution in [0.25, 0.3) is 0 Å². The number of hydrogen-bond acceptors (Lipinski definition) is 3. The van der Waals surface area contributed by atoms with E-state index in [4.69, 9.17) is 4.74 Å². The fraction of sp³-hybridized carbons (Fsp3) is 0.435. The molecule has 0 radical (unpaired) electrons. The maximum absolute atomic E-state index is 12.7. The van der Waals surface area contributed by atoms with Crippen molar-refractivity contribution in [1.82, 2.24) is 5.32 Å². The Kier molecular flexibility index (Phi) is 7.37. The largest absolute Gasteiger partial charge is 0.496 e. The molecule has 2 aromatic rings. The summed E-state index contributed by atoms with van der Waals surface area (Å²) in [4.78, 5) is 13.8. The molecule has 0 spiro atoms. The molecule has 0 aliphatic carbocycles. The SMILES string of the molecule is COc1cc(C)c([C@H](C)NC(=O)[C@@H](C)Sc2ccc(C)cc2)cc1C(C)C. The smallest absolute Gasteiger partial charge is 0.233 e. The van der Waals surface area contributed by atoms with Crippen LogP contribution in [0.4, 0.5) is 0 Å². The van der Waals surface area contributed by atoms with E-state index in [1.807, 2.05) is 13.8 Å². The van der Waals surface area contributed by atoms with Gasteiger partial charge in [0.2, 0.25) is 5.91 Å². The second kappa shape index (κ2) is 9.32. The first-order valence-corrected chi connectivity index (χ1v) is 10.3. The molecule has 0 saturated carbocycles. The van der Waals surface area contributed by atoms with Gasteiger partial charge in [0.15, 0.2) is 0 Å². The Morgan fingerprint density at radius 3 is 2.19 bits per heavy atom. The number of carbonyl (C=O) groups is 1. The molecular formula is C23H31NO2S. The molecule has 2 atom stereocenters. The predicted octanol–water partition coefficient (Wildman–Crippen LogP) is 5.79. The Balaban J connectivity index is 2.11. The van der Waals surface area contributed by atoms with Crippen LogP contribution in [-0.4, -0.2) is 18.3 Å². The third kappa shape index (κ3) is 5.52. The van der Waals surface area contributed by atoms with Gasteiger partial charge >= 0.3 is 0 Å². The quantitative estimate of drug-likeness (QED) is 0.613. The highest BCUT2D eigenvalue weighted by Crippen LogP contribution is 2.32. The average Bonchev–Trinajstić information content (AvgIpc) is 2.62. The second-order valence-corrected chi connectivity index (χ2v) is 8.82. The van der Waals surface area contributed by atoms with Crippen molar-refractivity contribution < 1.29 is 9.53 Å². The van der Waals surface area contributed by atoms with Crippen LogP contribution in [0.2, 0.25) is 0 Å². The fourth-order valence-corrected chi connectivity index (χ4v) is 3.97. The summed E-state index contributed by atoms with van der Waals surface area (Å²) in [6.07, 6.45) is 0. The van der Waals surface area contributed by atoms with Gasteiger partial charge in [-0.05, 0) is 74.6 Å². The number of amides is 1. The molecule has 0 bridgehead atoms. The minimum Gasteiger partial charge on any atom is -0.496 e. The lowest BCUT2D eigenvalue weighted by Gasteiger charge is -2.22. The summed E-state index contributed by atoms with van der Waals surface area (Å²) in [7, 11) is 1.70. The zero-order chi connectivity index (χ0) is 20.1. The molecule has 3 nitrogen and oxygen atoms in total. The van der Waals surface area contributed by atoms with E-state index >= 15 is 0 Å².